The van der Waals surface area contributed by atoms with Crippen molar-refractivity contribution in [2.24, 2.45) is 7.05 Å². The van der Waals surface area contributed by atoms with Crippen molar-refractivity contribution in [1.29, 1.82) is 5.26 Å². The van der Waals surface area contributed by atoms with Gasteiger partial charge in [0.1, 0.15) is 11.7 Å². The van der Waals surface area contributed by atoms with Crippen LogP contribution in [0, 0.1) is 11.3 Å². The summed E-state index contributed by atoms with van der Waals surface area (Å²) in [5.74, 6) is 0.411. The molecular formula is C30H41N7O3Si. The van der Waals surface area contributed by atoms with E-state index in [9.17, 15) is 10.1 Å². The van der Waals surface area contributed by atoms with Gasteiger partial charge in [-0.15, -0.1) is 0 Å². The minimum Gasteiger partial charge on any atom is -0.443 e. The average molecular weight is 576 g/mol. The number of aryl methyl sites for hydroxylation is 1. The fourth-order valence-corrected chi connectivity index (χ4v) is 5.59. The lowest BCUT2D eigenvalue weighted by molar-refractivity contribution is 0.0575. The monoisotopic (exact) mass is 575 g/mol. The standard InChI is InChI=1S/C30H41N7O3Si/c1-28(2,3)40-27(38)37-18-30(7,19-39-41(9,10)29(4,5)6)23-14-20(13-21(15-31)25(23)37)24-11-12-32-26(35-24)34-22-16-33-36(8)17-22/h11-14,16-17H,18-19H2,1-10H3,(H,32,34,35). The average Bonchev–Trinajstić information content (AvgIpc) is 3.41. The van der Waals surface area contributed by atoms with E-state index in [-0.39, 0.29) is 5.04 Å². The van der Waals surface area contributed by atoms with Crippen molar-refractivity contribution in [3.8, 4) is 17.3 Å². The van der Waals surface area contributed by atoms with Crippen molar-refractivity contribution in [2.45, 2.75) is 77.6 Å². The fourth-order valence-electron chi connectivity index (χ4n) is 4.48. The second-order valence-electron chi connectivity index (χ2n) is 13.5. The van der Waals surface area contributed by atoms with E-state index >= 15 is 0 Å². The maximum Gasteiger partial charge on any atom is 0.414 e. The molecule has 1 unspecified atom stereocenters. The van der Waals surface area contributed by atoms with E-state index in [1.54, 1.807) is 34.1 Å². The van der Waals surface area contributed by atoms with E-state index in [1.807, 2.05) is 40.1 Å². The molecule has 0 radical (unpaired) electrons. The number of nitriles is 1. The molecule has 0 fully saturated rings. The van der Waals surface area contributed by atoms with Gasteiger partial charge in [0, 0.05) is 43.6 Å². The van der Waals surface area contributed by atoms with Gasteiger partial charge in [-0.05, 0) is 62.7 Å². The lowest BCUT2D eigenvalue weighted by Gasteiger charge is -2.39. The Labute approximate surface area is 243 Å². The summed E-state index contributed by atoms with van der Waals surface area (Å²) in [6.07, 6.45) is 4.72. The molecule has 3 heterocycles. The molecule has 41 heavy (non-hydrogen) atoms. The highest BCUT2D eigenvalue weighted by Gasteiger charge is 2.47. The number of carbonyl (C=O) groups excluding carboxylic acids is 1. The molecule has 1 atom stereocenters. The first-order valence-electron chi connectivity index (χ1n) is 13.7. The van der Waals surface area contributed by atoms with Gasteiger partial charge in [0.25, 0.3) is 0 Å². The highest BCUT2D eigenvalue weighted by Crippen LogP contribution is 2.47. The molecule has 1 amide bonds. The molecule has 1 aliphatic heterocycles. The van der Waals surface area contributed by atoms with E-state index in [0.717, 1.165) is 16.8 Å². The Morgan fingerprint density at radius 1 is 1.22 bits per heavy atom. The molecule has 0 aliphatic carbocycles. The van der Waals surface area contributed by atoms with E-state index in [2.05, 4.69) is 62.3 Å². The van der Waals surface area contributed by atoms with E-state index in [0.29, 0.717) is 36.0 Å². The zero-order valence-corrected chi connectivity index (χ0v) is 26.8. The maximum absolute atomic E-state index is 13.4. The van der Waals surface area contributed by atoms with Crippen molar-refractivity contribution in [2.75, 3.05) is 23.4 Å². The fraction of sp³-hybridized carbons (Fsp3) is 0.500. The Morgan fingerprint density at radius 3 is 2.51 bits per heavy atom. The number of hydrogen-bond acceptors (Lipinski definition) is 8. The molecule has 2 aromatic heterocycles. The van der Waals surface area contributed by atoms with E-state index < -0.39 is 25.4 Å². The molecule has 0 spiro atoms. The first kappa shape index (κ1) is 30.2. The van der Waals surface area contributed by atoms with Crippen LogP contribution in [0.4, 0.5) is 22.1 Å². The third-order valence-electron chi connectivity index (χ3n) is 7.74. The zero-order valence-electron chi connectivity index (χ0n) is 25.8. The lowest BCUT2D eigenvalue weighted by atomic mass is 9.83. The molecule has 218 valence electrons. The minimum atomic E-state index is -2.11. The molecule has 0 saturated heterocycles. The van der Waals surface area contributed by atoms with Gasteiger partial charge in [0.2, 0.25) is 5.95 Å². The molecule has 1 aromatic carbocycles. The van der Waals surface area contributed by atoms with Crippen LogP contribution in [0.2, 0.25) is 18.1 Å². The number of fused-ring (bicyclic) bond motifs is 1. The SMILES string of the molecule is Cn1cc(Nc2nccc(-c3cc(C#N)c4c(c3)C(C)(CO[Si](C)(C)C(C)(C)C)CN4C(=O)OC(C)(C)C)n2)cn1. The number of ether oxygens (including phenoxy) is 1. The van der Waals surface area contributed by atoms with Crippen molar-refractivity contribution in [3.63, 3.8) is 0 Å². The van der Waals surface area contributed by atoms with Crippen LogP contribution in [0.1, 0.15) is 59.6 Å². The van der Waals surface area contributed by atoms with E-state index in [4.69, 9.17) is 14.1 Å². The number of nitrogens with one attached hydrogen (secondary N) is 1. The highest BCUT2D eigenvalue weighted by atomic mass is 28.4. The predicted molar refractivity (Wildman–Crippen MR) is 163 cm³/mol. The van der Waals surface area contributed by atoms with Crippen LogP contribution in [-0.4, -0.2) is 52.9 Å². The van der Waals surface area contributed by atoms with Gasteiger partial charge < -0.3 is 14.5 Å². The van der Waals surface area contributed by atoms with Crippen LogP contribution in [0.15, 0.2) is 36.8 Å². The maximum atomic E-state index is 13.4. The summed E-state index contributed by atoms with van der Waals surface area (Å²) >= 11 is 0. The largest absolute Gasteiger partial charge is 0.443 e. The number of anilines is 3. The second kappa shape index (κ2) is 10.6. The summed E-state index contributed by atoms with van der Waals surface area (Å²) < 4.78 is 14.2. The molecule has 0 bridgehead atoms. The summed E-state index contributed by atoms with van der Waals surface area (Å²) in [6, 6.07) is 7.92. The summed E-state index contributed by atoms with van der Waals surface area (Å²) in [6.45, 7) is 19.4. The van der Waals surface area contributed by atoms with Gasteiger partial charge in [-0.1, -0.05) is 27.7 Å². The van der Waals surface area contributed by atoms with Gasteiger partial charge in [-0.3, -0.25) is 9.58 Å². The van der Waals surface area contributed by atoms with Crippen LogP contribution in [0.25, 0.3) is 11.3 Å². The lowest BCUT2D eigenvalue weighted by Crippen LogP contribution is -2.46. The van der Waals surface area contributed by atoms with Crippen molar-refractivity contribution >= 4 is 31.7 Å². The molecular weight excluding hydrogens is 534 g/mol. The van der Waals surface area contributed by atoms with Crippen LogP contribution in [-0.2, 0) is 21.6 Å². The van der Waals surface area contributed by atoms with Gasteiger partial charge in [-0.2, -0.15) is 10.4 Å². The Kier molecular flexibility index (Phi) is 7.79. The molecule has 4 rings (SSSR count). The second-order valence-corrected chi connectivity index (χ2v) is 18.3. The third-order valence-corrected chi connectivity index (χ3v) is 12.2. The van der Waals surface area contributed by atoms with Gasteiger partial charge >= 0.3 is 6.09 Å². The molecule has 0 saturated carbocycles. The number of benzene rings is 1. The first-order valence-corrected chi connectivity index (χ1v) is 16.7. The Balaban J connectivity index is 1.79. The number of aromatic nitrogens is 4. The quantitative estimate of drug-likeness (QED) is 0.330. The van der Waals surface area contributed by atoms with Crippen molar-refractivity contribution in [3.05, 3.63) is 47.9 Å². The first-order chi connectivity index (χ1) is 18.9. The number of carbonyl (C=O) groups is 1. The Bertz CT molecular complexity index is 1500. The summed E-state index contributed by atoms with van der Waals surface area (Å²) in [7, 11) is -0.270. The Hall–Kier alpha value is -3.75. The highest BCUT2D eigenvalue weighted by molar-refractivity contribution is 6.74. The van der Waals surface area contributed by atoms with Crippen LogP contribution < -0.4 is 10.2 Å². The number of hydrogen-bond donors (Lipinski definition) is 1. The zero-order chi connectivity index (χ0) is 30.4. The van der Waals surface area contributed by atoms with Crippen molar-refractivity contribution in [1.82, 2.24) is 19.7 Å². The third kappa shape index (κ3) is 6.44. The van der Waals surface area contributed by atoms with Gasteiger partial charge in [0.05, 0.1) is 28.8 Å². The summed E-state index contributed by atoms with van der Waals surface area (Å²) in [4.78, 5) is 24.1. The minimum absolute atomic E-state index is 0.0218. The molecule has 11 heteroatoms. The number of rotatable bonds is 6. The topological polar surface area (TPSA) is 118 Å². The molecule has 1 aliphatic rings. The molecule has 10 nitrogen and oxygen atoms in total. The Morgan fingerprint density at radius 2 is 1.93 bits per heavy atom. The van der Waals surface area contributed by atoms with E-state index in [1.165, 1.54) is 0 Å². The predicted octanol–water partition coefficient (Wildman–Crippen LogP) is 6.53. The number of amides is 1. The normalized spacial score (nSPS) is 17.2. The van der Waals surface area contributed by atoms with Gasteiger partial charge in [0.15, 0.2) is 8.32 Å². The van der Waals surface area contributed by atoms with Crippen LogP contribution in [0.5, 0.6) is 0 Å². The van der Waals surface area contributed by atoms with Crippen LogP contribution in [0.3, 0.4) is 0 Å². The molecule has 3 aromatic rings. The summed E-state index contributed by atoms with van der Waals surface area (Å²) in [5, 5.41) is 17.7. The number of nitrogens with zero attached hydrogens (tertiary/aromatic N) is 6. The van der Waals surface area contributed by atoms with Crippen molar-refractivity contribution < 1.29 is 14.0 Å². The summed E-state index contributed by atoms with van der Waals surface area (Å²) in [5.41, 5.74) is 2.70. The molecule has 1 N–H and O–H groups in total. The van der Waals surface area contributed by atoms with Crippen LogP contribution >= 0.6 is 0 Å². The smallest absolute Gasteiger partial charge is 0.414 e. The van der Waals surface area contributed by atoms with Gasteiger partial charge in [-0.25, -0.2) is 14.8 Å².